The van der Waals surface area contributed by atoms with Crippen LogP contribution in [-0.4, -0.2) is 51.5 Å². The van der Waals surface area contributed by atoms with Crippen LogP contribution in [0.1, 0.15) is 20.3 Å². The molecule has 0 aliphatic carbocycles. The molecule has 0 bridgehead atoms. The Morgan fingerprint density at radius 1 is 1.25 bits per heavy atom. The number of allylic oxidation sites excluding steroid dienone is 1. The molecule has 1 saturated heterocycles. The highest BCUT2D eigenvalue weighted by molar-refractivity contribution is 7.99. The molecule has 2 atom stereocenters. The fraction of sp³-hybridized carbons (Fsp3) is 0.476. The van der Waals surface area contributed by atoms with Crippen molar-refractivity contribution in [1.29, 1.82) is 0 Å². The summed E-state index contributed by atoms with van der Waals surface area (Å²) in [5, 5.41) is 9.41. The monoisotopic (exact) mass is 400 g/mol. The number of piperidine rings is 1. The van der Waals surface area contributed by atoms with Crippen LogP contribution < -0.4 is 4.74 Å². The van der Waals surface area contributed by atoms with E-state index < -0.39 is 0 Å². The van der Waals surface area contributed by atoms with Crippen LogP contribution in [0, 0.1) is 11.8 Å². The van der Waals surface area contributed by atoms with Gasteiger partial charge in [-0.3, -0.25) is 9.36 Å². The standard InChI is InChI=1S/C21H28N4O2S/c1-5-10-25-20(17-6-8-18(27-4)9-7-17)22-23-21(25)28-14-19(26)24-12-15(2)11-16(3)13-24/h5-9,15-16H,1,10-14H2,2-4H3/t15-,16-/m0/s1. The minimum atomic E-state index is 0.169. The largest absolute Gasteiger partial charge is 0.497 e. The number of hydrogen-bond acceptors (Lipinski definition) is 5. The van der Waals surface area contributed by atoms with Gasteiger partial charge in [-0.1, -0.05) is 31.7 Å². The number of nitrogens with zero attached hydrogens (tertiary/aromatic N) is 4. The topological polar surface area (TPSA) is 60.2 Å². The van der Waals surface area contributed by atoms with Crippen molar-refractivity contribution in [1.82, 2.24) is 19.7 Å². The zero-order valence-electron chi connectivity index (χ0n) is 16.8. The van der Waals surface area contributed by atoms with E-state index in [-0.39, 0.29) is 5.91 Å². The first-order valence-electron chi connectivity index (χ1n) is 9.61. The number of aromatic nitrogens is 3. The molecule has 1 aromatic heterocycles. The van der Waals surface area contributed by atoms with Crippen molar-refractivity contribution in [3.63, 3.8) is 0 Å². The van der Waals surface area contributed by atoms with Crippen LogP contribution in [0.5, 0.6) is 5.75 Å². The summed E-state index contributed by atoms with van der Waals surface area (Å²) in [6.45, 7) is 10.6. The molecule has 1 aliphatic heterocycles. The van der Waals surface area contributed by atoms with Gasteiger partial charge in [0.1, 0.15) is 5.75 Å². The molecule has 28 heavy (non-hydrogen) atoms. The van der Waals surface area contributed by atoms with Gasteiger partial charge in [0, 0.05) is 25.2 Å². The van der Waals surface area contributed by atoms with Gasteiger partial charge in [0.05, 0.1) is 12.9 Å². The summed E-state index contributed by atoms with van der Waals surface area (Å²) in [7, 11) is 1.64. The molecule has 1 fully saturated rings. The van der Waals surface area contributed by atoms with Gasteiger partial charge in [0.25, 0.3) is 0 Å². The minimum absolute atomic E-state index is 0.169. The van der Waals surface area contributed by atoms with Gasteiger partial charge in [0.2, 0.25) is 5.91 Å². The lowest BCUT2D eigenvalue weighted by atomic mass is 9.92. The number of benzene rings is 1. The van der Waals surface area contributed by atoms with E-state index in [2.05, 4.69) is 30.6 Å². The quantitative estimate of drug-likeness (QED) is 0.523. The molecule has 0 radical (unpaired) electrons. The van der Waals surface area contributed by atoms with E-state index in [9.17, 15) is 4.79 Å². The number of likely N-dealkylation sites (tertiary alicyclic amines) is 1. The van der Waals surface area contributed by atoms with E-state index in [1.165, 1.54) is 18.2 Å². The van der Waals surface area contributed by atoms with Gasteiger partial charge < -0.3 is 9.64 Å². The van der Waals surface area contributed by atoms with E-state index in [0.29, 0.717) is 24.1 Å². The van der Waals surface area contributed by atoms with E-state index in [4.69, 9.17) is 4.74 Å². The predicted octanol–water partition coefficient (Wildman–Crippen LogP) is 3.74. The summed E-state index contributed by atoms with van der Waals surface area (Å²) in [6.07, 6.45) is 3.01. The maximum absolute atomic E-state index is 12.7. The zero-order chi connectivity index (χ0) is 20.1. The summed E-state index contributed by atoms with van der Waals surface area (Å²) in [5.41, 5.74) is 0.951. The number of methoxy groups -OCH3 is 1. The SMILES string of the molecule is C=CCn1c(SCC(=O)N2C[C@@H](C)C[C@H](C)C2)nnc1-c1ccc(OC)cc1. The lowest BCUT2D eigenvalue weighted by Crippen LogP contribution is -2.43. The van der Waals surface area contributed by atoms with Crippen molar-refractivity contribution in [2.24, 2.45) is 11.8 Å². The van der Waals surface area contributed by atoms with Gasteiger partial charge in [-0.25, -0.2) is 0 Å². The summed E-state index contributed by atoms with van der Waals surface area (Å²) in [6, 6.07) is 7.71. The Labute approximate surface area is 171 Å². The second-order valence-electron chi connectivity index (χ2n) is 7.47. The third kappa shape index (κ3) is 4.76. The molecule has 1 aromatic carbocycles. The van der Waals surface area contributed by atoms with Crippen molar-refractivity contribution < 1.29 is 9.53 Å². The molecular formula is C21H28N4O2S. The first-order valence-corrected chi connectivity index (χ1v) is 10.6. The molecular weight excluding hydrogens is 372 g/mol. The Morgan fingerprint density at radius 3 is 2.54 bits per heavy atom. The van der Waals surface area contributed by atoms with Crippen molar-refractivity contribution >= 4 is 17.7 Å². The van der Waals surface area contributed by atoms with E-state index in [0.717, 1.165) is 35.4 Å². The fourth-order valence-electron chi connectivity index (χ4n) is 3.73. The van der Waals surface area contributed by atoms with Crippen LogP contribution in [0.3, 0.4) is 0 Å². The molecule has 0 spiro atoms. The molecule has 7 heteroatoms. The molecule has 1 aliphatic rings. The summed E-state index contributed by atoms with van der Waals surface area (Å²) in [5.74, 6) is 3.22. The van der Waals surface area contributed by atoms with Crippen molar-refractivity contribution in [2.45, 2.75) is 32.0 Å². The molecule has 150 valence electrons. The molecule has 0 unspecified atom stereocenters. The maximum Gasteiger partial charge on any atom is 0.233 e. The summed E-state index contributed by atoms with van der Waals surface area (Å²) >= 11 is 1.44. The lowest BCUT2D eigenvalue weighted by Gasteiger charge is -2.34. The molecule has 3 rings (SSSR count). The smallest absolute Gasteiger partial charge is 0.233 e. The van der Waals surface area contributed by atoms with Crippen LogP contribution in [0.2, 0.25) is 0 Å². The molecule has 0 saturated carbocycles. The van der Waals surface area contributed by atoms with Gasteiger partial charge in [-0.2, -0.15) is 0 Å². The van der Waals surface area contributed by atoms with Crippen LogP contribution >= 0.6 is 11.8 Å². The first kappa shape index (κ1) is 20.5. The van der Waals surface area contributed by atoms with Crippen molar-refractivity contribution in [3.05, 3.63) is 36.9 Å². The van der Waals surface area contributed by atoms with E-state index in [1.54, 1.807) is 7.11 Å². The highest BCUT2D eigenvalue weighted by atomic mass is 32.2. The molecule has 1 amide bonds. The first-order chi connectivity index (χ1) is 13.5. The van der Waals surface area contributed by atoms with Crippen LogP contribution in [0.15, 0.2) is 42.1 Å². The second kappa shape index (κ2) is 9.28. The van der Waals surface area contributed by atoms with Crippen LogP contribution in [0.4, 0.5) is 0 Å². The Hall–Kier alpha value is -2.28. The van der Waals surface area contributed by atoms with Crippen LogP contribution in [0.25, 0.3) is 11.4 Å². The van der Waals surface area contributed by atoms with Gasteiger partial charge in [0.15, 0.2) is 11.0 Å². The summed E-state index contributed by atoms with van der Waals surface area (Å²) in [4.78, 5) is 14.7. The number of carbonyl (C=O) groups excluding carboxylic acids is 1. The lowest BCUT2D eigenvalue weighted by molar-refractivity contribution is -0.130. The third-order valence-electron chi connectivity index (χ3n) is 4.92. The second-order valence-corrected chi connectivity index (χ2v) is 8.41. The van der Waals surface area contributed by atoms with Crippen molar-refractivity contribution in [2.75, 3.05) is 26.0 Å². The third-order valence-corrected chi connectivity index (χ3v) is 5.87. The number of ether oxygens (including phenoxy) is 1. The Balaban J connectivity index is 1.72. The predicted molar refractivity (Wildman–Crippen MR) is 112 cm³/mol. The summed E-state index contributed by atoms with van der Waals surface area (Å²) < 4.78 is 7.21. The average molecular weight is 401 g/mol. The highest BCUT2D eigenvalue weighted by Gasteiger charge is 2.26. The van der Waals surface area contributed by atoms with E-state index in [1.807, 2.05) is 39.8 Å². The average Bonchev–Trinajstić information content (AvgIpc) is 3.08. The Bertz CT molecular complexity index is 808. The minimum Gasteiger partial charge on any atom is -0.497 e. The van der Waals surface area contributed by atoms with E-state index >= 15 is 0 Å². The number of rotatable bonds is 7. The highest BCUT2D eigenvalue weighted by Crippen LogP contribution is 2.27. The van der Waals surface area contributed by atoms with Crippen LogP contribution in [-0.2, 0) is 11.3 Å². The zero-order valence-corrected chi connectivity index (χ0v) is 17.6. The molecule has 2 heterocycles. The van der Waals surface area contributed by atoms with Gasteiger partial charge >= 0.3 is 0 Å². The molecule has 0 N–H and O–H groups in total. The number of hydrogen-bond donors (Lipinski definition) is 0. The number of thioether (sulfide) groups is 1. The Morgan fingerprint density at radius 2 is 1.93 bits per heavy atom. The fourth-order valence-corrected chi connectivity index (χ4v) is 4.58. The molecule has 6 nitrogen and oxygen atoms in total. The normalized spacial score (nSPS) is 19.5. The van der Waals surface area contributed by atoms with Crippen molar-refractivity contribution in [3.8, 4) is 17.1 Å². The number of carbonyl (C=O) groups is 1. The maximum atomic E-state index is 12.7. The molecule has 2 aromatic rings. The number of amides is 1. The Kier molecular flexibility index (Phi) is 6.78. The van der Waals surface area contributed by atoms with Gasteiger partial charge in [-0.15, -0.1) is 16.8 Å². The van der Waals surface area contributed by atoms with Gasteiger partial charge in [-0.05, 0) is 42.5 Å².